The van der Waals surface area contributed by atoms with E-state index >= 15 is 0 Å². The minimum Gasteiger partial charge on any atom is -0.462 e. The summed E-state index contributed by atoms with van der Waals surface area (Å²) in [6.45, 7) is 6.57. The van der Waals surface area contributed by atoms with E-state index in [4.69, 9.17) is 9.72 Å². The Morgan fingerprint density at radius 2 is 1.78 bits per heavy atom. The summed E-state index contributed by atoms with van der Waals surface area (Å²) in [5.41, 5.74) is 4.05. The number of benzene rings is 2. The molecule has 1 aromatic heterocycles. The summed E-state index contributed by atoms with van der Waals surface area (Å²) in [6.07, 6.45) is 3.89. The Bertz CT molecular complexity index is 1060. The smallest absolute Gasteiger partial charge is 0.326 e. The molecule has 2 aromatic carbocycles. The number of aryl methyl sites for hydroxylation is 2. The van der Waals surface area contributed by atoms with E-state index in [2.05, 4.69) is 5.32 Å². The number of fused-ring (bicyclic) bond motifs is 1. The molecule has 0 spiro atoms. The molecule has 0 fully saturated rings. The number of carbonyl (C=O) groups is 2. The highest BCUT2D eigenvalue weighted by Crippen LogP contribution is 2.18. The molecular weight excluding hydrogens is 402 g/mol. The molecule has 1 amide bonds. The Kier molecular flexibility index (Phi) is 8.42. The van der Waals surface area contributed by atoms with Gasteiger partial charge in [-0.3, -0.25) is 9.59 Å². The van der Waals surface area contributed by atoms with Crippen LogP contribution < -0.4 is 5.32 Å². The molecule has 0 unspecified atom stereocenters. The lowest BCUT2D eigenvalue weighted by Crippen LogP contribution is -2.26. The van der Waals surface area contributed by atoms with Crippen LogP contribution in [-0.4, -0.2) is 34.1 Å². The molecule has 0 saturated carbocycles. The van der Waals surface area contributed by atoms with Crippen molar-refractivity contribution in [1.82, 2.24) is 14.9 Å². The maximum Gasteiger partial charge on any atom is 0.326 e. The first-order chi connectivity index (χ1) is 15.4. The average Bonchev–Trinajstić information content (AvgIpc) is 3.09. The predicted molar refractivity (Wildman–Crippen MR) is 126 cm³/mol. The average molecular weight is 436 g/mol. The first-order valence-corrected chi connectivity index (χ1v) is 11.4. The Labute approximate surface area is 190 Å². The van der Waals surface area contributed by atoms with Crippen molar-refractivity contribution in [2.24, 2.45) is 0 Å². The Hall–Kier alpha value is -3.15. The fraction of sp³-hybridized carbons (Fsp3) is 0.423. The van der Waals surface area contributed by atoms with Gasteiger partial charge in [-0.1, -0.05) is 42.8 Å². The molecule has 1 heterocycles. The summed E-state index contributed by atoms with van der Waals surface area (Å²) in [4.78, 5) is 29.1. The van der Waals surface area contributed by atoms with Gasteiger partial charge in [-0.2, -0.15) is 0 Å². The maximum atomic E-state index is 12.2. The van der Waals surface area contributed by atoms with Crippen LogP contribution >= 0.6 is 0 Å². The van der Waals surface area contributed by atoms with E-state index < -0.39 is 0 Å². The highest BCUT2D eigenvalue weighted by atomic mass is 16.5. The molecule has 3 rings (SSSR count). The summed E-state index contributed by atoms with van der Waals surface area (Å²) in [5, 5.41) is 3.01. The zero-order valence-electron chi connectivity index (χ0n) is 19.3. The van der Waals surface area contributed by atoms with E-state index in [1.165, 1.54) is 0 Å². The first-order valence-electron chi connectivity index (χ1n) is 11.4. The second kappa shape index (κ2) is 11.5. The molecule has 0 aliphatic carbocycles. The number of nitrogens with zero attached hydrogens (tertiary/aromatic N) is 2. The van der Waals surface area contributed by atoms with Crippen LogP contribution in [0.1, 0.15) is 50.1 Å². The molecule has 3 aromatic rings. The topological polar surface area (TPSA) is 73.2 Å². The van der Waals surface area contributed by atoms with E-state index in [1.807, 2.05) is 73.9 Å². The molecule has 0 aliphatic rings. The number of amides is 1. The maximum absolute atomic E-state index is 12.2. The van der Waals surface area contributed by atoms with Gasteiger partial charge in [0, 0.05) is 13.0 Å². The normalized spacial score (nSPS) is 11.1. The first kappa shape index (κ1) is 23.5. The number of rotatable bonds is 11. The van der Waals surface area contributed by atoms with Crippen molar-refractivity contribution in [3.63, 3.8) is 0 Å². The highest BCUT2D eigenvalue weighted by molar-refractivity contribution is 5.79. The minimum absolute atomic E-state index is 0.0600. The minimum atomic E-state index is -0.249. The molecule has 0 radical (unpaired) electrons. The van der Waals surface area contributed by atoms with Crippen molar-refractivity contribution in [2.75, 3.05) is 6.54 Å². The third-order valence-corrected chi connectivity index (χ3v) is 5.40. The van der Waals surface area contributed by atoms with Gasteiger partial charge in [0.25, 0.3) is 0 Å². The number of nitrogens with one attached hydrogen (secondary N) is 1. The summed E-state index contributed by atoms with van der Waals surface area (Å²) in [7, 11) is 0. The molecule has 0 bridgehead atoms. The van der Waals surface area contributed by atoms with Crippen molar-refractivity contribution >= 4 is 22.9 Å². The van der Waals surface area contributed by atoms with Crippen molar-refractivity contribution in [2.45, 2.75) is 65.5 Å². The number of hydrogen-bond donors (Lipinski definition) is 1. The summed E-state index contributed by atoms with van der Waals surface area (Å²) < 4.78 is 7.29. The Balaban J connectivity index is 1.47. The second-order valence-corrected chi connectivity index (χ2v) is 8.41. The standard InChI is InChI=1S/C26H33N3O3/c1-19(2)32-26(31)18-29-23-14-9-8-13-22(23)28-24(29)15-5-4-10-16-27-25(30)17-21-12-7-6-11-20(21)3/h6-9,11-14,19H,4-5,10,15-18H2,1-3H3,(H,27,30). The fourth-order valence-electron chi connectivity index (χ4n) is 3.78. The van der Waals surface area contributed by atoms with Crippen LogP contribution in [0.4, 0.5) is 0 Å². The predicted octanol–water partition coefficient (Wildman–Crippen LogP) is 4.37. The molecular formula is C26H33N3O3. The van der Waals surface area contributed by atoms with Gasteiger partial charge < -0.3 is 14.6 Å². The van der Waals surface area contributed by atoms with Gasteiger partial charge in [0.2, 0.25) is 5.91 Å². The molecule has 1 N–H and O–H groups in total. The number of carbonyl (C=O) groups excluding carboxylic acids is 2. The van der Waals surface area contributed by atoms with Gasteiger partial charge in [0.05, 0.1) is 23.6 Å². The van der Waals surface area contributed by atoms with Gasteiger partial charge in [-0.15, -0.1) is 0 Å². The van der Waals surface area contributed by atoms with Crippen molar-refractivity contribution in [1.29, 1.82) is 0 Å². The number of ether oxygens (including phenoxy) is 1. The largest absolute Gasteiger partial charge is 0.462 e. The van der Waals surface area contributed by atoms with Crippen LogP contribution in [0, 0.1) is 6.92 Å². The van der Waals surface area contributed by atoms with Crippen LogP contribution in [0.25, 0.3) is 11.0 Å². The van der Waals surface area contributed by atoms with Crippen molar-refractivity contribution in [3.8, 4) is 0 Å². The molecule has 170 valence electrons. The molecule has 6 nitrogen and oxygen atoms in total. The third-order valence-electron chi connectivity index (χ3n) is 5.40. The molecule has 6 heteroatoms. The number of aromatic nitrogens is 2. The third kappa shape index (κ3) is 6.67. The zero-order chi connectivity index (χ0) is 22.9. The van der Waals surface area contributed by atoms with Gasteiger partial charge >= 0.3 is 5.97 Å². The lowest BCUT2D eigenvalue weighted by atomic mass is 10.1. The van der Waals surface area contributed by atoms with Gasteiger partial charge in [-0.25, -0.2) is 4.98 Å². The van der Waals surface area contributed by atoms with E-state index in [1.54, 1.807) is 0 Å². The number of hydrogen-bond acceptors (Lipinski definition) is 4. The van der Waals surface area contributed by atoms with Gasteiger partial charge in [0.15, 0.2) is 0 Å². The molecule has 0 atom stereocenters. The van der Waals surface area contributed by atoms with E-state index in [-0.39, 0.29) is 24.5 Å². The van der Waals surface area contributed by atoms with Crippen LogP contribution in [0.3, 0.4) is 0 Å². The van der Waals surface area contributed by atoms with E-state index in [0.717, 1.165) is 53.7 Å². The number of para-hydroxylation sites is 2. The zero-order valence-corrected chi connectivity index (χ0v) is 19.3. The van der Waals surface area contributed by atoms with Crippen LogP contribution in [0.2, 0.25) is 0 Å². The van der Waals surface area contributed by atoms with E-state index in [9.17, 15) is 9.59 Å². The van der Waals surface area contributed by atoms with Crippen LogP contribution in [0.5, 0.6) is 0 Å². The summed E-state index contributed by atoms with van der Waals surface area (Å²) >= 11 is 0. The number of esters is 1. The highest BCUT2D eigenvalue weighted by Gasteiger charge is 2.15. The van der Waals surface area contributed by atoms with Gasteiger partial charge in [0.1, 0.15) is 12.4 Å². The number of unbranched alkanes of at least 4 members (excludes halogenated alkanes) is 2. The lowest BCUT2D eigenvalue weighted by Gasteiger charge is -2.11. The monoisotopic (exact) mass is 435 g/mol. The molecule has 0 saturated heterocycles. The second-order valence-electron chi connectivity index (χ2n) is 8.41. The quantitative estimate of drug-likeness (QED) is 0.359. The van der Waals surface area contributed by atoms with E-state index in [0.29, 0.717) is 13.0 Å². The van der Waals surface area contributed by atoms with Gasteiger partial charge in [-0.05, 0) is 56.9 Å². The Morgan fingerprint density at radius 1 is 1.03 bits per heavy atom. The fourth-order valence-corrected chi connectivity index (χ4v) is 3.78. The Morgan fingerprint density at radius 3 is 2.56 bits per heavy atom. The summed E-state index contributed by atoms with van der Waals surface area (Å²) in [5.74, 6) is 0.709. The lowest BCUT2D eigenvalue weighted by molar-refractivity contribution is -0.148. The summed E-state index contributed by atoms with van der Waals surface area (Å²) in [6, 6.07) is 15.8. The van der Waals surface area contributed by atoms with Crippen LogP contribution in [-0.2, 0) is 33.7 Å². The molecule has 32 heavy (non-hydrogen) atoms. The van der Waals surface area contributed by atoms with Crippen molar-refractivity contribution < 1.29 is 14.3 Å². The SMILES string of the molecule is Cc1ccccc1CC(=O)NCCCCCc1nc2ccccc2n1CC(=O)OC(C)C. The number of imidazole rings is 1. The molecule has 0 aliphatic heterocycles. The van der Waals surface area contributed by atoms with Crippen LogP contribution in [0.15, 0.2) is 48.5 Å². The van der Waals surface area contributed by atoms with Crippen molar-refractivity contribution in [3.05, 3.63) is 65.5 Å².